The molecule has 1 aliphatic heterocycles. The number of ether oxygens (including phenoxy) is 1. The molecule has 15 heavy (non-hydrogen) atoms. The van der Waals surface area contributed by atoms with Crippen LogP contribution >= 0.6 is 0 Å². The van der Waals surface area contributed by atoms with Crippen molar-refractivity contribution in [2.75, 3.05) is 18.9 Å². The highest BCUT2D eigenvalue weighted by molar-refractivity contribution is 6.02. The lowest BCUT2D eigenvalue weighted by molar-refractivity contribution is 0.0461. The molecule has 2 rings (SSSR count). The van der Waals surface area contributed by atoms with E-state index >= 15 is 0 Å². The molecule has 0 bridgehead atoms. The monoisotopic (exact) mass is 206 g/mol. The molecule has 80 valence electrons. The van der Waals surface area contributed by atoms with Crippen LogP contribution < -0.4 is 5.73 Å². The highest BCUT2D eigenvalue weighted by Crippen LogP contribution is 2.21. The number of carbonyl (C=O) groups is 1. The van der Waals surface area contributed by atoms with Crippen LogP contribution in [0.1, 0.15) is 23.2 Å². The van der Waals surface area contributed by atoms with E-state index < -0.39 is 0 Å². The molecule has 1 aromatic heterocycles. The first kappa shape index (κ1) is 10.1. The SMILES string of the molecule is Nc1ccncc1C(=O)C1CCCOC1. The molecular weight excluding hydrogens is 192 g/mol. The molecule has 2 heterocycles. The Morgan fingerprint density at radius 3 is 3.13 bits per heavy atom. The zero-order valence-corrected chi connectivity index (χ0v) is 8.48. The van der Waals surface area contributed by atoms with Crippen molar-refractivity contribution in [1.29, 1.82) is 0 Å². The summed E-state index contributed by atoms with van der Waals surface area (Å²) in [5.41, 5.74) is 6.75. The van der Waals surface area contributed by atoms with Gasteiger partial charge in [-0.05, 0) is 18.9 Å². The van der Waals surface area contributed by atoms with E-state index in [4.69, 9.17) is 10.5 Å². The molecule has 1 unspecified atom stereocenters. The molecular formula is C11H14N2O2. The van der Waals surface area contributed by atoms with Crippen LogP contribution in [0.25, 0.3) is 0 Å². The first-order valence-electron chi connectivity index (χ1n) is 5.10. The fourth-order valence-corrected chi connectivity index (χ4v) is 1.78. The minimum atomic E-state index is -0.0507. The van der Waals surface area contributed by atoms with Gasteiger partial charge in [-0.15, -0.1) is 0 Å². The number of nitrogens with zero attached hydrogens (tertiary/aromatic N) is 1. The maximum absolute atomic E-state index is 12.0. The number of nitrogen functional groups attached to an aromatic ring is 1. The van der Waals surface area contributed by atoms with E-state index in [1.807, 2.05) is 0 Å². The topological polar surface area (TPSA) is 65.2 Å². The first-order valence-corrected chi connectivity index (χ1v) is 5.10. The van der Waals surface area contributed by atoms with Crippen LogP contribution in [0.5, 0.6) is 0 Å². The van der Waals surface area contributed by atoms with Crippen molar-refractivity contribution >= 4 is 11.5 Å². The Morgan fingerprint density at radius 1 is 1.60 bits per heavy atom. The van der Waals surface area contributed by atoms with Crippen molar-refractivity contribution in [3.8, 4) is 0 Å². The van der Waals surface area contributed by atoms with Crippen LogP contribution in [-0.2, 0) is 4.74 Å². The summed E-state index contributed by atoms with van der Waals surface area (Å²) in [7, 11) is 0. The molecule has 0 aromatic carbocycles. The smallest absolute Gasteiger partial charge is 0.171 e. The van der Waals surface area contributed by atoms with Crippen LogP contribution in [-0.4, -0.2) is 24.0 Å². The molecule has 0 amide bonds. The largest absolute Gasteiger partial charge is 0.398 e. The summed E-state index contributed by atoms with van der Waals surface area (Å²) in [4.78, 5) is 15.9. The van der Waals surface area contributed by atoms with Gasteiger partial charge in [-0.3, -0.25) is 9.78 Å². The number of hydrogen-bond acceptors (Lipinski definition) is 4. The average Bonchev–Trinajstić information content (AvgIpc) is 2.30. The van der Waals surface area contributed by atoms with E-state index in [0.717, 1.165) is 19.4 Å². The van der Waals surface area contributed by atoms with Crippen molar-refractivity contribution in [2.24, 2.45) is 5.92 Å². The molecule has 0 saturated carbocycles. The van der Waals surface area contributed by atoms with Gasteiger partial charge in [0.2, 0.25) is 0 Å². The van der Waals surface area contributed by atoms with E-state index in [2.05, 4.69) is 4.98 Å². The molecule has 2 N–H and O–H groups in total. The normalized spacial score (nSPS) is 21.2. The number of carbonyl (C=O) groups excluding carboxylic acids is 1. The summed E-state index contributed by atoms with van der Waals surface area (Å²) in [5.74, 6) is 0.00514. The van der Waals surface area contributed by atoms with Gasteiger partial charge in [0.15, 0.2) is 5.78 Å². The second kappa shape index (κ2) is 4.40. The lowest BCUT2D eigenvalue weighted by Gasteiger charge is -2.21. The van der Waals surface area contributed by atoms with Crippen molar-refractivity contribution in [2.45, 2.75) is 12.8 Å². The van der Waals surface area contributed by atoms with E-state index in [1.54, 1.807) is 12.3 Å². The van der Waals surface area contributed by atoms with Crippen LogP contribution in [0.3, 0.4) is 0 Å². The number of ketones is 1. The number of hydrogen-bond donors (Lipinski definition) is 1. The minimum Gasteiger partial charge on any atom is -0.398 e. The van der Waals surface area contributed by atoms with Crippen molar-refractivity contribution < 1.29 is 9.53 Å². The quantitative estimate of drug-likeness (QED) is 0.740. The Morgan fingerprint density at radius 2 is 2.47 bits per heavy atom. The Hall–Kier alpha value is -1.42. The van der Waals surface area contributed by atoms with Crippen LogP contribution in [0.2, 0.25) is 0 Å². The minimum absolute atomic E-state index is 0.0507. The number of rotatable bonds is 2. The fourth-order valence-electron chi connectivity index (χ4n) is 1.78. The maximum Gasteiger partial charge on any atom is 0.171 e. The lowest BCUT2D eigenvalue weighted by Crippen LogP contribution is -2.26. The molecule has 4 heteroatoms. The van der Waals surface area contributed by atoms with Gasteiger partial charge in [0.1, 0.15) is 0 Å². The van der Waals surface area contributed by atoms with Gasteiger partial charge in [0.25, 0.3) is 0 Å². The first-order chi connectivity index (χ1) is 7.29. The summed E-state index contributed by atoms with van der Waals surface area (Å²) in [6, 6.07) is 1.65. The second-order valence-corrected chi connectivity index (χ2v) is 3.74. The zero-order chi connectivity index (χ0) is 10.7. The predicted octanol–water partition coefficient (Wildman–Crippen LogP) is 1.27. The van der Waals surface area contributed by atoms with E-state index in [1.165, 1.54) is 6.20 Å². The Kier molecular flexibility index (Phi) is 2.97. The number of nitrogens with two attached hydrogens (primary N) is 1. The molecule has 1 aliphatic rings. The van der Waals surface area contributed by atoms with E-state index in [-0.39, 0.29) is 11.7 Å². The Labute approximate surface area is 88.4 Å². The van der Waals surface area contributed by atoms with Gasteiger partial charge in [0, 0.05) is 30.6 Å². The third-order valence-electron chi connectivity index (χ3n) is 2.65. The summed E-state index contributed by atoms with van der Waals surface area (Å²) in [5, 5.41) is 0. The highest BCUT2D eigenvalue weighted by atomic mass is 16.5. The second-order valence-electron chi connectivity index (χ2n) is 3.74. The summed E-state index contributed by atoms with van der Waals surface area (Å²) in [6.07, 6.45) is 4.94. The van der Waals surface area contributed by atoms with E-state index in [0.29, 0.717) is 17.9 Å². The number of pyridine rings is 1. The third kappa shape index (κ3) is 2.15. The molecule has 4 nitrogen and oxygen atoms in total. The fraction of sp³-hybridized carbons (Fsp3) is 0.455. The summed E-state index contributed by atoms with van der Waals surface area (Å²) < 4.78 is 5.28. The number of aromatic nitrogens is 1. The summed E-state index contributed by atoms with van der Waals surface area (Å²) >= 11 is 0. The molecule has 0 radical (unpaired) electrons. The Bertz CT molecular complexity index is 359. The van der Waals surface area contributed by atoms with Gasteiger partial charge >= 0.3 is 0 Å². The summed E-state index contributed by atoms with van der Waals surface area (Å²) in [6.45, 7) is 1.26. The molecule has 1 saturated heterocycles. The number of anilines is 1. The van der Waals surface area contributed by atoms with Gasteiger partial charge in [-0.1, -0.05) is 0 Å². The molecule has 1 fully saturated rings. The molecule has 1 atom stereocenters. The Balaban J connectivity index is 2.16. The zero-order valence-electron chi connectivity index (χ0n) is 8.48. The average molecular weight is 206 g/mol. The van der Waals surface area contributed by atoms with Crippen molar-refractivity contribution in [3.63, 3.8) is 0 Å². The van der Waals surface area contributed by atoms with Gasteiger partial charge in [-0.2, -0.15) is 0 Å². The predicted molar refractivity (Wildman–Crippen MR) is 56.5 cm³/mol. The lowest BCUT2D eigenvalue weighted by atomic mass is 9.93. The van der Waals surface area contributed by atoms with Gasteiger partial charge in [0.05, 0.1) is 12.2 Å². The van der Waals surface area contributed by atoms with Crippen molar-refractivity contribution in [3.05, 3.63) is 24.0 Å². The molecule has 1 aromatic rings. The molecule has 0 spiro atoms. The maximum atomic E-state index is 12.0. The standard InChI is InChI=1S/C11H14N2O2/c12-10-3-4-13-6-9(10)11(14)8-2-1-5-15-7-8/h3-4,6,8H,1-2,5,7H2,(H2,12,13). The van der Waals surface area contributed by atoms with Gasteiger partial charge in [-0.25, -0.2) is 0 Å². The van der Waals surface area contributed by atoms with Gasteiger partial charge < -0.3 is 10.5 Å². The van der Waals surface area contributed by atoms with Crippen LogP contribution in [0.15, 0.2) is 18.5 Å². The van der Waals surface area contributed by atoms with Crippen molar-refractivity contribution in [1.82, 2.24) is 4.98 Å². The number of Topliss-reactive ketones (excluding diaryl/α,β-unsaturated/α-hetero) is 1. The van der Waals surface area contributed by atoms with Crippen LogP contribution in [0, 0.1) is 5.92 Å². The molecule has 0 aliphatic carbocycles. The third-order valence-corrected chi connectivity index (χ3v) is 2.65. The highest BCUT2D eigenvalue weighted by Gasteiger charge is 2.24. The van der Waals surface area contributed by atoms with Crippen LogP contribution in [0.4, 0.5) is 5.69 Å². The van der Waals surface area contributed by atoms with E-state index in [9.17, 15) is 4.79 Å².